The van der Waals surface area contributed by atoms with Gasteiger partial charge in [-0.25, -0.2) is 0 Å². The molecule has 0 aliphatic carbocycles. The molecular formula is C18H21ClN2O. The Bertz CT molecular complexity index is 618. The number of carbonyl (C=O) groups excluding carboxylic acids is 1. The molecule has 1 N–H and O–H groups in total. The molecule has 0 fully saturated rings. The highest BCUT2D eigenvalue weighted by Crippen LogP contribution is 2.23. The van der Waals surface area contributed by atoms with Crippen molar-refractivity contribution in [2.75, 3.05) is 0 Å². The average molecular weight is 317 g/mol. The van der Waals surface area contributed by atoms with Crippen molar-refractivity contribution in [2.24, 2.45) is 0 Å². The molecule has 0 aliphatic heterocycles. The number of nitrogens with zero attached hydrogens (tertiary/aromatic N) is 1. The first kappa shape index (κ1) is 16.5. The number of carbonyl (C=O) groups is 1. The average Bonchev–Trinajstić information content (AvgIpc) is 2.45. The molecule has 3 nitrogen and oxygen atoms in total. The highest BCUT2D eigenvalue weighted by atomic mass is 35.5. The standard InChI is InChI=1S/C18H21ClN2O/c1-18(2,3)21-17(22)16(11-13-5-4-10-20-12-13)14-6-8-15(19)9-7-14/h4-10,12,16H,11H2,1-3H3,(H,21,22). The van der Waals surface area contributed by atoms with Crippen LogP contribution in [0.25, 0.3) is 0 Å². The normalized spacial score (nSPS) is 12.7. The Kier molecular flexibility index (Phi) is 5.19. The first-order valence-electron chi connectivity index (χ1n) is 7.31. The second-order valence-electron chi connectivity index (χ2n) is 6.41. The molecule has 4 heteroatoms. The van der Waals surface area contributed by atoms with Crippen LogP contribution in [0.5, 0.6) is 0 Å². The molecular weight excluding hydrogens is 296 g/mol. The Morgan fingerprint density at radius 3 is 2.45 bits per heavy atom. The monoisotopic (exact) mass is 316 g/mol. The Labute approximate surface area is 136 Å². The summed E-state index contributed by atoms with van der Waals surface area (Å²) in [5, 5.41) is 3.73. The lowest BCUT2D eigenvalue weighted by atomic mass is 9.91. The van der Waals surface area contributed by atoms with Crippen LogP contribution in [0.2, 0.25) is 5.02 Å². The van der Waals surface area contributed by atoms with Crippen molar-refractivity contribution in [3.8, 4) is 0 Å². The SMILES string of the molecule is CC(C)(C)NC(=O)C(Cc1cccnc1)c1ccc(Cl)cc1. The zero-order valence-electron chi connectivity index (χ0n) is 13.1. The highest BCUT2D eigenvalue weighted by Gasteiger charge is 2.24. The molecule has 0 aliphatic rings. The lowest BCUT2D eigenvalue weighted by Gasteiger charge is -2.25. The molecule has 22 heavy (non-hydrogen) atoms. The number of hydrogen-bond donors (Lipinski definition) is 1. The van der Waals surface area contributed by atoms with Gasteiger partial charge in [0.15, 0.2) is 0 Å². The van der Waals surface area contributed by atoms with Crippen molar-refractivity contribution in [1.82, 2.24) is 10.3 Å². The summed E-state index contributed by atoms with van der Waals surface area (Å²) in [6.07, 6.45) is 4.14. The van der Waals surface area contributed by atoms with Crippen molar-refractivity contribution in [3.63, 3.8) is 0 Å². The summed E-state index contributed by atoms with van der Waals surface area (Å²) in [5.41, 5.74) is 1.72. The van der Waals surface area contributed by atoms with E-state index >= 15 is 0 Å². The van der Waals surface area contributed by atoms with Crippen molar-refractivity contribution >= 4 is 17.5 Å². The summed E-state index contributed by atoms with van der Waals surface area (Å²) in [6, 6.07) is 11.3. The first-order valence-corrected chi connectivity index (χ1v) is 7.69. The maximum atomic E-state index is 12.7. The first-order chi connectivity index (χ1) is 10.3. The lowest BCUT2D eigenvalue weighted by molar-refractivity contribution is -0.124. The third kappa shape index (κ3) is 4.85. The fourth-order valence-electron chi connectivity index (χ4n) is 2.27. The van der Waals surface area contributed by atoms with Crippen LogP contribution < -0.4 is 5.32 Å². The molecule has 1 unspecified atom stereocenters. The van der Waals surface area contributed by atoms with Gasteiger partial charge in [-0.1, -0.05) is 29.8 Å². The van der Waals surface area contributed by atoms with Crippen LogP contribution in [0.4, 0.5) is 0 Å². The maximum Gasteiger partial charge on any atom is 0.228 e. The van der Waals surface area contributed by atoms with Gasteiger partial charge in [0.05, 0.1) is 5.92 Å². The fourth-order valence-corrected chi connectivity index (χ4v) is 2.39. The Balaban J connectivity index is 2.27. The number of hydrogen-bond acceptors (Lipinski definition) is 2. The minimum atomic E-state index is -0.267. The van der Waals surface area contributed by atoms with E-state index in [1.54, 1.807) is 12.4 Å². The van der Waals surface area contributed by atoms with Crippen molar-refractivity contribution in [2.45, 2.75) is 38.6 Å². The fraction of sp³-hybridized carbons (Fsp3) is 0.333. The Morgan fingerprint density at radius 1 is 1.23 bits per heavy atom. The molecule has 1 atom stereocenters. The van der Waals surface area contributed by atoms with E-state index in [0.717, 1.165) is 11.1 Å². The van der Waals surface area contributed by atoms with Crippen LogP contribution in [-0.2, 0) is 11.2 Å². The number of benzene rings is 1. The van der Waals surface area contributed by atoms with Crippen LogP contribution >= 0.6 is 11.6 Å². The minimum Gasteiger partial charge on any atom is -0.351 e. The van der Waals surface area contributed by atoms with E-state index in [4.69, 9.17) is 11.6 Å². The summed E-state index contributed by atoms with van der Waals surface area (Å²) >= 11 is 5.95. The molecule has 0 bridgehead atoms. The van der Waals surface area contributed by atoms with Crippen molar-refractivity contribution in [1.29, 1.82) is 0 Å². The summed E-state index contributed by atoms with van der Waals surface area (Å²) in [4.78, 5) is 16.8. The summed E-state index contributed by atoms with van der Waals surface area (Å²) in [6.45, 7) is 5.94. The topological polar surface area (TPSA) is 42.0 Å². The van der Waals surface area contributed by atoms with E-state index < -0.39 is 0 Å². The predicted octanol–water partition coefficient (Wildman–Crippen LogP) is 3.98. The molecule has 2 aromatic rings. The third-order valence-corrected chi connectivity index (χ3v) is 3.50. The summed E-state index contributed by atoms with van der Waals surface area (Å²) in [5.74, 6) is -0.251. The zero-order chi connectivity index (χ0) is 16.2. The van der Waals surface area contributed by atoms with Gasteiger partial charge in [0, 0.05) is 23.0 Å². The minimum absolute atomic E-state index is 0.0127. The van der Waals surface area contributed by atoms with Gasteiger partial charge >= 0.3 is 0 Å². The van der Waals surface area contributed by atoms with E-state index in [2.05, 4.69) is 10.3 Å². The molecule has 0 saturated carbocycles. The van der Waals surface area contributed by atoms with Gasteiger partial charge in [-0.3, -0.25) is 9.78 Å². The summed E-state index contributed by atoms with van der Waals surface area (Å²) < 4.78 is 0. The molecule has 116 valence electrons. The highest BCUT2D eigenvalue weighted by molar-refractivity contribution is 6.30. The quantitative estimate of drug-likeness (QED) is 0.927. The van der Waals surface area contributed by atoms with Gasteiger partial charge in [-0.2, -0.15) is 0 Å². The predicted molar refractivity (Wildman–Crippen MR) is 90.0 cm³/mol. The molecule has 1 heterocycles. The van der Waals surface area contributed by atoms with Crippen LogP contribution in [0, 0.1) is 0 Å². The largest absolute Gasteiger partial charge is 0.351 e. The third-order valence-electron chi connectivity index (χ3n) is 3.25. The van der Waals surface area contributed by atoms with E-state index in [1.165, 1.54) is 0 Å². The van der Waals surface area contributed by atoms with Crippen molar-refractivity contribution < 1.29 is 4.79 Å². The van der Waals surface area contributed by atoms with Gasteiger partial charge in [-0.15, -0.1) is 0 Å². The van der Waals surface area contributed by atoms with E-state index in [9.17, 15) is 4.79 Å². The number of amides is 1. The van der Waals surface area contributed by atoms with Gasteiger partial charge in [-0.05, 0) is 56.5 Å². The van der Waals surface area contributed by atoms with E-state index in [1.807, 2.05) is 57.2 Å². The van der Waals surface area contributed by atoms with E-state index in [0.29, 0.717) is 11.4 Å². The van der Waals surface area contributed by atoms with Crippen LogP contribution in [0.1, 0.15) is 37.8 Å². The van der Waals surface area contributed by atoms with Crippen LogP contribution in [0.3, 0.4) is 0 Å². The zero-order valence-corrected chi connectivity index (χ0v) is 13.9. The number of rotatable bonds is 4. The molecule has 0 radical (unpaired) electrons. The molecule has 2 rings (SSSR count). The number of nitrogens with one attached hydrogen (secondary N) is 1. The van der Waals surface area contributed by atoms with Gasteiger partial charge in [0.2, 0.25) is 5.91 Å². The van der Waals surface area contributed by atoms with Gasteiger partial charge < -0.3 is 5.32 Å². The molecule has 1 aromatic carbocycles. The van der Waals surface area contributed by atoms with Gasteiger partial charge in [0.1, 0.15) is 0 Å². The second kappa shape index (κ2) is 6.93. The lowest BCUT2D eigenvalue weighted by Crippen LogP contribution is -2.43. The Hall–Kier alpha value is -1.87. The van der Waals surface area contributed by atoms with Crippen molar-refractivity contribution in [3.05, 3.63) is 64.9 Å². The maximum absolute atomic E-state index is 12.7. The van der Waals surface area contributed by atoms with Crippen LogP contribution in [0.15, 0.2) is 48.8 Å². The van der Waals surface area contributed by atoms with E-state index in [-0.39, 0.29) is 17.4 Å². The van der Waals surface area contributed by atoms with Crippen LogP contribution in [-0.4, -0.2) is 16.4 Å². The Morgan fingerprint density at radius 2 is 1.91 bits per heavy atom. The van der Waals surface area contributed by atoms with Gasteiger partial charge in [0.25, 0.3) is 0 Å². The number of halogens is 1. The number of pyridine rings is 1. The molecule has 1 amide bonds. The second-order valence-corrected chi connectivity index (χ2v) is 6.85. The smallest absolute Gasteiger partial charge is 0.228 e. The molecule has 0 saturated heterocycles. The summed E-state index contributed by atoms with van der Waals surface area (Å²) in [7, 11) is 0. The molecule has 0 spiro atoms. The number of aromatic nitrogens is 1. The molecule has 1 aromatic heterocycles.